The summed E-state index contributed by atoms with van der Waals surface area (Å²) >= 11 is 1.64. The Bertz CT molecular complexity index is 887. The second-order valence-electron chi connectivity index (χ2n) is 7.06. The zero-order valence-corrected chi connectivity index (χ0v) is 16.8. The van der Waals surface area contributed by atoms with Crippen molar-refractivity contribution in [1.82, 2.24) is 10.2 Å². The third-order valence-corrected chi connectivity index (χ3v) is 5.88. The fraction of sp³-hybridized carbons (Fsp3) is 0.318. The summed E-state index contributed by atoms with van der Waals surface area (Å²) in [5.41, 5.74) is 2.77. The Morgan fingerprint density at radius 1 is 1.04 bits per heavy atom. The average molecular weight is 393 g/mol. The molecule has 1 saturated heterocycles. The molecule has 28 heavy (non-hydrogen) atoms. The maximum Gasteiger partial charge on any atom is 0.317 e. The number of nitrogens with zero attached hydrogens (tertiary/aromatic N) is 3. The zero-order chi connectivity index (χ0) is 19.4. The molecule has 1 N–H and O–H groups in total. The monoisotopic (exact) mass is 392 g/mol. The van der Waals surface area contributed by atoms with Gasteiger partial charge in [-0.1, -0.05) is 60.7 Å². The van der Waals surface area contributed by atoms with Gasteiger partial charge < -0.3 is 10.2 Å². The van der Waals surface area contributed by atoms with Crippen LogP contribution in [0.4, 0.5) is 4.79 Å². The van der Waals surface area contributed by atoms with E-state index >= 15 is 0 Å². The standard InChI is InChI=1S/C22H24N4OS/c1-28-20-19(18-10-6-3-7-11-18)24-22(25-20)12-14-26(15-13-22)21(27)23-16-17-8-4-2-5-9-17/h2-11H,12-16H2,1H3,(H,23,27). The molecule has 0 aromatic heterocycles. The molecule has 4 rings (SSSR count). The fourth-order valence-corrected chi connectivity index (χ4v) is 4.24. The van der Waals surface area contributed by atoms with Crippen molar-refractivity contribution in [3.63, 3.8) is 0 Å². The van der Waals surface area contributed by atoms with Crippen LogP contribution in [0.15, 0.2) is 70.6 Å². The first-order valence-electron chi connectivity index (χ1n) is 9.55. The minimum absolute atomic E-state index is 0.0157. The summed E-state index contributed by atoms with van der Waals surface area (Å²) in [4.78, 5) is 24.4. The van der Waals surface area contributed by atoms with Gasteiger partial charge in [-0.15, -0.1) is 11.8 Å². The zero-order valence-electron chi connectivity index (χ0n) is 16.0. The van der Waals surface area contributed by atoms with Gasteiger partial charge in [0, 0.05) is 38.0 Å². The van der Waals surface area contributed by atoms with Crippen LogP contribution in [0.25, 0.3) is 0 Å². The van der Waals surface area contributed by atoms with Crippen LogP contribution >= 0.6 is 11.8 Å². The Kier molecular flexibility index (Phi) is 5.48. The predicted molar refractivity (Wildman–Crippen MR) is 116 cm³/mol. The Labute approximate surface area is 170 Å². The first-order valence-corrected chi connectivity index (χ1v) is 10.8. The smallest absolute Gasteiger partial charge is 0.317 e. The Balaban J connectivity index is 1.40. The number of amides is 2. The van der Waals surface area contributed by atoms with E-state index in [9.17, 15) is 4.79 Å². The van der Waals surface area contributed by atoms with Crippen molar-refractivity contribution in [2.24, 2.45) is 9.98 Å². The minimum Gasteiger partial charge on any atom is -0.334 e. The van der Waals surface area contributed by atoms with Gasteiger partial charge in [0.2, 0.25) is 0 Å². The topological polar surface area (TPSA) is 57.1 Å². The molecule has 144 valence electrons. The van der Waals surface area contributed by atoms with Crippen molar-refractivity contribution >= 4 is 28.5 Å². The maximum absolute atomic E-state index is 12.5. The lowest BCUT2D eigenvalue weighted by Gasteiger charge is -2.35. The van der Waals surface area contributed by atoms with Gasteiger partial charge in [0.25, 0.3) is 0 Å². The van der Waals surface area contributed by atoms with Gasteiger partial charge in [-0.2, -0.15) is 0 Å². The van der Waals surface area contributed by atoms with Crippen molar-refractivity contribution < 1.29 is 4.79 Å². The van der Waals surface area contributed by atoms with Gasteiger partial charge in [0.1, 0.15) is 5.04 Å². The maximum atomic E-state index is 12.5. The normalized spacial score (nSPS) is 18.0. The van der Waals surface area contributed by atoms with Crippen LogP contribution in [0.3, 0.4) is 0 Å². The summed E-state index contributed by atoms with van der Waals surface area (Å²) in [6, 6.07) is 20.2. The van der Waals surface area contributed by atoms with Crippen molar-refractivity contribution in [2.75, 3.05) is 19.3 Å². The molecule has 0 atom stereocenters. The average Bonchev–Trinajstić information content (AvgIpc) is 3.12. The molecule has 0 unspecified atom stereocenters. The molecule has 2 aliphatic heterocycles. The molecular weight excluding hydrogens is 368 g/mol. The van der Waals surface area contributed by atoms with E-state index in [1.54, 1.807) is 11.8 Å². The van der Waals surface area contributed by atoms with E-state index in [0.29, 0.717) is 19.6 Å². The molecular formula is C22H24N4OS. The van der Waals surface area contributed by atoms with Gasteiger partial charge in [0.15, 0.2) is 5.66 Å². The van der Waals surface area contributed by atoms with Gasteiger partial charge >= 0.3 is 6.03 Å². The van der Waals surface area contributed by atoms with Crippen LogP contribution in [-0.4, -0.2) is 46.7 Å². The molecule has 0 bridgehead atoms. The summed E-state index contributed by atoms with van der Waals surface area (Å²) in [7, 11) is 0. The highest BCUT2D eigenvalue weighted by Crippen LogP contribution is 2.35. The van der Waals surface area contributed by atoms with Crippen molar-refractivity contribution in [2.45, 2.75) is 25.0 Å². The van der Waals surface area contributed by atoms with E-state index in [-0.39, 0.29) is 6.03 Å². The number of hydrogen-bond donors (Lipinski definition) is 1. The molecule has 1 fully saturated rings. The number of likely N-dealkylation sites (tertiary alicyclic amines) is 1. The number of rotatable bonds is 3. The van der Waals surface area contributed by atoms with E-state index in [1.807, 2.05) is 59.7 Å². The quantitative estimate of drug-likeness (QED) is 0.860. The summed E-state index contributed by atoms with van der Waals surface area (Å²) in [5.74, 6) is 0. The van der Waals surface area contributed by atoms with E-state index in [2.05, 4.69) is 17.4 Å². The third-order valence-electron chi connectivity index (χ3n) is 5.21. The summed E-state index contributed by atoms with van der Waals surface area (Å²) in [5, 5.41) is 4.01. The third kappa shape index (κ3) is 3.97. The molecule has 0 saturated carbocycles. The van der Waals surface area contributed by atoms with Crippen LogP contribution in [-0.2, 0) is 6.54 Å². The Hall–Kier alpha value is -2.60. The van der Waals surface area contributed by atoms with Crippen LogP contribution in [0.2, 0.25) is 0 Å². The van der Waals surface area contributed by atoms with Gasteiger partial charge in [-0.05, 0) is 11.8 Å². The molecule has 0 aliphatic carbocycles. The number of piperidine rings is 1. The molecule has 6 heteroatoms. The molecule has 2 aliphatic rings. The SMILES string of the molecule is CSC1=NC2(CCN(C(=O)NCc3ccccc3)CC2)N=C1c1ccccc1. The highest BCUT2D eigenvalue weighted by atomic mass is 32.2. The summed E-state index contributed by atoms with van der Waals surface area (Å²) < 4.78 is 0. The molecule has 2 heterocycles. The number of thioether (sulfide) groups is 1. The summed E-state index contributed by atoms with van der Waals surface area (Å²) in [6.45, 7) is 1.88. The van der Waals surface area contributed by atoms with Crippen LogP contribution < -0.4 is 5.32 Å². The highest BCUT2D eigenvalue weighted by molar-refractivity contribution is 8.15. The van der Waals surface area contributed by atoms with E-state index in [1.165, 1.54) is 0 Å². The number of carbonyl (C=O) groups is 1. The van der Waals surface area contributed by atoms with Gasteiger partial charge in [0.05, 0.1) is 5.71 Å². The number of aliphatic imine (C=N–C) groups is 2. The Morgan fingerprint density at radius 2 is 1.68 bits per heavy atom. The molecule has 2 aromatic rings. The minimum atomic E-state index is -0.417. The molecule has 2 aromatic carbocycles. The lowest BCUT2D eigenvalue weighted by molar-refractivity contribution is 0.163. The first kappa shape index (κ1) is 18.7. The summed E-state index contributed by atoms with van der Waals surface area (Å²) in [6.07, 6.45) is 3.56. The number of urea groups is 1. The number of hydrogen-bond acceptors (Lipinski definition) is 4. The Morgan fingerprint density at radius 3 is 2.32 bits per heavy atom. The van der Waals surface area contributed by atoms with E-state index in [4.69, 9.17) is 9.98 Å². The lowest BCUT2D eigenvalue weighted by Crippen LogP contribution is -2.48. The fourth-order valence-electron chi connectivity index (χ4n) is 3.63. The van der Waals surface area contributed by atoms with Gasteiger partial charge in [-0.25, -0.2) is 9.79 Å². The number of carbonyl (C=O) groups excluding carboxylic acids is 1. The van der Waals surface area contributed by atoms with Crippen molar-refractivity contribution in [3.8, 4) is 0 Å². The first-order chi connectivity index (χ1) is 13.7. The van der Waals surface area contributed by atoms with Crippen molar-refractivity contribution in [3.05, 3.63) is 71.8 Å². The molecule has 1 spiro atoms. The van der Waals surface area contributed by atoms with Crippen LogP contribution in [0.1, 0.15) is 24.0 Å². The highest BCUT2D eigenvalue weighted by Gasteiger charge is 2.40. The lowest BCUT2D eigenvalue weighted by atomic mass is 9.99. The predicted octanol–water partition coefficient (Wildman–Crippen LogP) is 3.95. The van der Waals surface area contributed by atoms with E-state index < -0.39 is 5.66 Å². The molecule has 5 nitrogen and oxygen atoms in total. The second-order valence-corrected chi connectivity index (χ2v) is 7.86. The largest absolute Gasteiger partial charge is 0.334 e. The van der Waals surface area contributed by atoms with Crippen LogP contribution in [0.5, 0.6) is 0 Å². The van der Waals surface area contributed by atoms with Gasteiger partial charge in [-0.3, -0.25) is 4.99 Å². The number of nitrogens with one attached hydrogen (secondary N) is 1. The molecule has 2 amide bonds. The van der Waals surface area contributed by atoms with Crippen molar-refractivity contribution in [1.29, 1.82) is 0 Å². The van der Waals surface area contributed by atoms with E-state index in [0.717, 1.165) is 34.7 Å². The molecule has 0 radical (unpaired) electrons. The second kappa shape index (κ2) is 8.19. The van der Waals surface area contributed by atoms with Crippen LogP contribution in [0, 0.1) is 0 Å². The number of benzene rings is 2.